The quantitative estimate of drug-likeness (QED) is 0.785. The third-order valence-corrected chi connectivity index (χ3v) is 5.60. The summed E-state index contributed by atoms with van der Waals surface area (Å²) in [7, 11) is 0. The molecule has 2 saturated heterocycles. The maximum Gasteiger partial charge on any atom is 0.325 e. The zero-order chi connectivity index (χ0) is 19.1. The van der Waals surface area contributed by atoms with Gasteiger partial charge in [0.1, 0.15) is 5.54 Å². The number of imide groups is 1. The van der Waals surface area contributed by atoms with Crippen molar-refractivity contribution in [2.75, 3.05) is 6.54 Å². The van der Waals surface area contributed by atoms with Crippen LogP contribution in [-0.4, -0.2) is 45.9 Å². The number of carboxylic acids is 1. The molecule has 0 aliphatic carbocycles. The molecule has 1 aromatic rings. The Morgan fingerprint density at radius 1 is 1.27 bits per heavy atom. The second-order valence-electron chi connectivity index (χ2n) is 7.19. The van der Waals surface area contributed by atoms with E-state index in [2.05, 4.69) is 5.32 Å². The molecular formula is C20H24N2O4. The van der Waals surface area contributed by atoms with Gasteiger partial charge in [-0.15, -0.1) is 0 Å². The number of carbonyl (C=O) groups is 3. The molecule has 0 radical (unpaired) electrons. The van der Waals surface area contributed by atoms with Crippen molar-refractivity contribution in [3.05, 3.63) is 42.0 Å². The van der Waals surface area contributed by atoms with Crippen molar-refractivity contribution in [1.29, 1.82) is 0 Å². The first kappa shape index (κ1) is 18.3. The highest BCUT2D eigenvalue weighted by Gasteiger charge is 2.68. The Morgan fingerprint density at radius 2 is 1.92 bits per heavy atom. The van der Waals surface area contributed by atoms with E-state index < -0.39 is 29.4 Å². The molecule has 0 bridgehead atoms. The second kappa shape index (κ2) is 6.68. The summed E-state index contributed by atoms with van der Waals surface area (Å²) in [6, 6.07) is 9.07. The number of carboxylic acid groups (broad SMARTS) is 1. The van der Waals surface area contributed by atoms with Crippen LogP contribution < -0.4 is 5.32 Å². The maximum absolute atomic E-state index is 12.9. The van der Waals surface area contributed by atoms with Crippen molar-refractivity contribution >= 4 is 23.9 Å². The van der Waals surface area contributed by atoms with Gasteiger partial charge in [0.05, 0.1) is 11.8 Å². The minimum Gasteiger partial charge on any atom is -0.480 e. The highest BCUT2D eigenvalue weighted by Crippen LogP contribution is 2.46. The average molecular weight is 356 g/mol. The van der Waals surface area contributed by atoms with Crippen LogP contribution in [0.5, 0.6) is 0 Å². The normalized spacial score (nSPS) is 31.2. The minimum atomic E-state index is -1.45. The number of likely N-dealkylation sites (tertiary alicyclic amines) is 1. The van der Waals surface area contributed by atoms with Gasteiger partial charge in [0, 0.05) is 12.6 Å². The average Bonchev–Trinajstić information content (AvgIpc) is 3.09. The van der Waals surface area contributed by atoms with Crippen LogP contribution in [0.2, 0.25) is 0 Å². The van der Waals surface area contributed by atoms with E-state index in [1.165, 1.54) is 4.90 Å². The summed E-state index contributed by atoms with van der Waals surface area (Å²) in [6.45, 7) is 5.53. The monoisotopic (exact) mass is 356 g/mol. The van der Waals surface area contributed by atoms with Crippen LogP contribution in [0.1, 0.15) is 26.3 Å². The molecule has 4 unspecified atom stereocenters. The van der Waals surface area contributed by atoms with Gasteiger partial charge in [0.15, 0.2) is 0 Å². The zero-order valence-corrected chi connectivity index (χ0v) is 15.2. The molecule has 2 heterocycles. The Hall–Kier alpha value is -2.47. The van der Waals surface area contributed by atoms with Crippen molar-refractivity contribution in [2.24, 2.45) is 17.8 Å². The lowest BCUT2D eigenvalue weighted by Crippen LogP contribution is -2.60. The van der Waals surface area contributed by atoms with Gasteiger partial charge >= 0.3 is 5.97 Å². The number of hydrogen-bond acceptors (Lipinski definition) is 4. The van der Waals surface area contributed by atoms with Gasteiger partial charge in [-0.2, -0.15) is 0 Å². The highest BCUT2D eigenvalue weighted by atomic mass is 16.4. The topological polar surface area (TPSA) is 86.7 Å². The van der Waals surface area contributed by atoms with Crippen molar-refractivity contribution in [3.8, 4) is 0 Å². The predicted molar refractivity (Wildman–Crippen MR) is 97.0 cm³/mol. The number of nitrogens with one attached hydrogen (secondary N) is 1. The van der Waals surface area contributed by atoms with Gasteiger partial charge in [0.2, 0.25) is 11.8 Å². The van der Waals surface area contributed by atoms with Crippen LogP contribution in [0.15, 0.2) is 36.4 Å². The molecule has 0 spiro atoms. The summed E-state index contributed by atoms with van der Waals surface area (Å²) in [5.74, 6) is -3.70. The Kier molecular flexibility index (Phi) is 4.71. The SMILES string of the molecule is CCN1C(=O)C2C(/C=C/c3ccccc3)NC(C(=O)O)(C(C)C)C2C1=O. The van der Waals surface area contributed by atoms with Gasteiger partial charge in [-0.05, 0) is 18.4 Å². The summed E-state index contributed by atoms with van der Waals surface area (Å²) in [5, 5.41) is 13.1. The Balaban J connectivity index is 2.04. The van der Waals surface area contributed by atoms with E-state index >= 15 is 0 Å². The van der Waals surface area contributed by atoms with Gasteiger partial charge in [-0.1, -0.05) is 56.3 Å². The Bertz CT molecular complexity index is 758. The van der Waals surface area contributed by atoms with E-state index in [-0.39, 0.29) is 24.3 Å². The van der Waals surface area contributed by atoms with Crippen LogP contribution in [0.3, 0.4) is 0 Å². The van der Waals surface area contributed by atoms with E-state index in [1.807, 2.05) is 42.5 Å². The molecule has 138 valence electrons. The lowest BCUT2D eigenvalue weighted by Gasteiger charge is -2.34. The molecule has 6 heteroatoms. The lowest BCUT2D eigenvalue weighted by atomic mass is 9.73. The van der Waals surface area contributed by atoms with Crippen LogP contribution in [0.25, 0.3) is 6.08 Å². The molecule has 2 fully saturated rings. The van der Waals surface area contributed by atoms with E-state index in [4.69, 9.17) is 0 Å². The molecule has 2 aliphatic rings. The Labute approximate surface area is 152 Å². The van der Waals surface area contributed by atoms with Gasteiger partial charge in [0.25, 0.3) is 0 Å². The minimum absolute atomic E-state index is 0.258. The number of benzene rings is 1. The van der Waals surface area contributed by atoms with E-state index in [0.717, 1.165) is 5.56 Å². The largest absolute Gasteiger partial charge is 0.480 e. The third-order valence-electron chi connectivity index (χ3n) is 5.60. The van der Waals surface area contributed by atoms with Gasteiger partial charge in [-0.25, -0.2) is 0 Å². The molecule has 1 aromatic carbocycles. The molecule has 26 heavy (non-hydrogen) atoms. The molecule has 2 N–H and O–H groups in total. The fourth-order valence-electron chi connectivity index (χ4n) is 4.27. The molecular weight excluding hydrogens is 332 g/mol. The number of aliphatic carboxylic acids is 1. The van der Waals surface area contributed by atoms with E-state index in [1.54, 1.807) is 20.8 Å². The van der Waals surface area contributed by atoms with Crippen molar-refractivity contribution < 1.29 is 19.5 Å². The smallest absolute Gasteiger partial charge is 0.325 e. The van der Waals surface area contributed by atoms with Crippen molar-refractivity contribution in [1.82, 2.24) is 10.2 Å². The summed E-state index contributed by atoms with van der Waals surface area (Å²) < 4.78 is 0. The van der Waals surface area contributed by atoms with Crippen LogP contribution in [0, 0.1) is 17.8 Å². The molecule has 6 nitrogen and oxygen atoms in total. The summed E-state index contributed by atoms with van der Waals surface area (Å²) >= 11 is 0. The number of rotatable bonds is 5. The number of amides is 2. The van der Waals surface area contributed by atoms with Crippen LogP contribution >= 0.6 is 0 Å². The summed E-state index contributed by atoms with van der Waals surface area (Å²) in [6.07, 6.45) is 3.67. The molecule has 0 saturated carbocycles. The number of nitrogens with zero attached hydrogens (tertiary/aromatic N) is 1. The second-order valence-corrected chi connectivity index (χ2v) is 7.19. The first-order chi connectivity index (χ1) is 12.3. The van der Waals surface area contributed by atoms with Crippen molar-refractivity contribution in [3.63, 3.8) is 0 Å². The van der Waals surface area contributed by atoms with Crippen LogP contribution in [0.4, 0.5) is 0 Å². The van der Waals surface area contributed by atoms with E-state index in [0.29, 0.717) is 0 Å². The van der Waals surface area contributed by atoms with Gasteiger partial charge < -0.3 is 5.11 Å². The maximum atomic E-state index is 12.9. The van der Waals surface area contributed by atoms with Crippen molar-refractivity contribution in [2.45, 2.75) is 32.4 Å². The number of fused-ring (bicyclic) bond motifs is 1. The molecule has 3 rings (SSSR count). The first-order valence-electron chi connectivity index (χ1n) is 8.94. The zero-order valence-electron chi connectivity index (χ0n) is 15.2. The third kappa shape index (κ3) is 2.56. The predicted octanol–water partition coefficient (Wildman–Crippen LogP) is 1.77. The fourth-order valence-corrected chi connectivity index (χ4v) is 4.27. The number of hydrogen-bond donors (Lipinski definition) is 2. The van der Waals surface area contributed by atoms with Crippen LogP contribution in [-0.2, 0) is 14.4 Å². The standard InChI is InChI=1S/C20H24N2O4/c1-4-22-17(23)15-14(11-10-13-8-6-5-7-9-13)21-20(12(2)3,19(25)26)16(15)18(22)24/h5-12,14-16,21H,4H2,1-3H3,(H,25,26)/b11-10+. The molecule has 4 atom stereocenters. The summed E-state index contributed by atoms with van der Waals surface area (Å²) in [4.78, 5) is 39.1. The molecule has 0 aromatic heterocycles. The molecule has 2 aliphatic heterocycles. The Morgan fingerprint density at radius 3 is 2.46 bits per heavy atom. The molecule has 2 amide bonds. The summed E-state index contributed by atoms with van der Waals surface area (Å²) in [5.41, 5.74) is -0.500. The highest BCUT2D eigenvalue weighted by molar-refractivity contribution is 6.09. The van der Waals surface area contributed by atoms with E-state index in [9.17, 15) is 19.5 Å². The fraction of sp³-hybridized carbons (Fsp3) is 0.450. The first-order valence-corrected chi connectivity index (χ1v) is 8.94. The lowest BCUT2D eigenvalue weighted by molar-refractivity contribution is -0.153. The van der Waals surface area contributed by atoms with Gasteiger partial charge in [-0.3, -0.25) is 24.6 Å². The number of carbonyl (C=O) groups excluding carboxylic acids is 2.